The van der Waals surface area contributed by atoms with Crippen molar-refractivity contribution < 1.29 is 9.59 Å². The van der Waals surface area contributed by atoms with Crippen molar-refractivity contribution in [2.75, 3.05) is 6.54 Å². The number of rotatable bonds is 10. The third kappa shape index (κ3) is 8.32. The van der Waals surface area contributed by atoms with Gasteiger partial charge in [-0.3, -0.25) is 19.6 Å². The molecule has 1 heterocycles. The lowest BCUT2D eigenvalue weighted by Crippen LogP contribution is -2.52. The van der Waals surface area contributed by atoms with E-state index in [9.17, 15) is 9.59 Å². The second kappa shape index (κ2) is 12.0. The third-order valence-corrected chi connectivity index (χ3v) is 4.86. The highest BCUT2D eigenvalue weighted by molar-refractivity contribution is 5.91. The summed E-state index contributed by atoms with van der Waals surface area (Å²) in [6.07, 6.45) is 5.61. The summed E-state index contributed by atoms with van der Waals surface area (Å²) in [5.41, 5.74) is 1.25. The Balaban J connectivity index is 2.18. The number of unbranched alkanes of at least 4 members (excludes halogenated alkanes) is 1. The van der Waals surface area contributed by atoms with Crippen molar-refractivity contribution in [2.24, 2.45) is 10.4 Å². The van der Waals surface area contributed by atoms with Gasteiger partial charge in [0.25, 0.3) is 0 Å². The Morgan fingerprint density at radius 3 is 2.39 bits per heavy atom. The van der Waals surface area contributed by atoms with Crippen LogP contribution in [0.4, 0.5) is 0 Å². The number of pyridine rings is 1. The highest BCUT2D eigenvalue weighted by atomic mass is 16.2. The topological polar surface area (TPSA) is 83.5 Å². The number of nitrogens with zero attached hydrogens (tertiary/aromatic N) is 2. The molecule has 2 aromatic rings. The summed E-state index contributed by atoms with van der Waals surface area (Å²) in [7, 11) is 0. The molecule has 0 saturated carbocycles. The second-order valence-corrected chi connectivity index (χ2v) is 8.70. The Kier molecular flexibility index (Phi) is 9.38. The zero-order valence-corrected chi connectivity index (χ0v) is 19.0. The Hall–Kier alpha value is -3.02. The van der Waals surface area contributed by atoms with Crippen molar-refractivity contribution in [3.63, 3.8) is 0 Å². The Morgan fingerprint density at radius 1 is 1.06 bits per heavy atom. The van der Waals surface area contributed by atoms with Crippen LogP contribution in [0.25, 0.3) is 0 Å². The van der Waals surface area contributed by atoms with Gasteiger partial charge in [-0.05, 0) is 29.5 Å². The number of hydrogen-bond acceptors (Lipinski definition) is 4. The molecule has 31 heavy (non-hydrogen) atoms. The van der Waals surface area contributed by atoms with E-state index in [4.69, 9.17) is 0 Å². The number of aromatic nitrogens is 1. The minimum absolute atomic E-state index is 0.174. The van der Waals surface area contributed by atoms with Crippen LogP contribution in [0.3, 0.4) is 0 Å². The lowest BCUT2D eigenvalue weighted by Gasteiger charge is -2.28. The van der Waals surface area contributed by atoms with E-state index >= 15 is 0 Å². The predicted molar refractivity (Wildman–Crippen MR) is 125 cm³/mol. The van der Waals surface area contributed by atoms with Gasteiger partial charge in [-0.25, -0.2) is 0 Å². The van der Waals surface area contributed by atoms with Gasteiger partial charge in [0.1, 0.15) is 12.1 Å². The first-order chi connectivity index (χ1) is 14.8. The average Bonchev–Trinajstić information content (AvgIpc) is 2.74. The first-order valence-electron chi connectivity index (χ1n) is 10.9. The minimum atomic E-state index is -0.665. The molecule has 166 valence electrons. The highest BCUT2D eigenvalue weighted by Gasteiger charge is 2.33. The number of carbonyl (C=O) groups excluding carboxylic acids is 2. The van der Waals surface area contributed by atoms with Crippen molar-refractivity contribution in [1.29, 1.82) is 0 Å². The SMILES string of the molecule is CCCCNC(=O)[C@H](Cc1ccccc1)NC(=O)[C@@H](N=Cc1ccccn1)C(C)(C)C. The van der Waals surface area contributed by atoms with Gasteiger partial charge in [-0.15, -0.1) is 0 Å². The summed E-state index contributed by atoms with van der Waals surface area (Å²) < 4.78 is 0. The average molecular weight is 423 g/mol. The quantitative estimate of drug-likeness (QED) is 0.454. The molecular formula is C25H34N4O2. The van der Waals surface area contributed by atoms with Crippen LogP contribution < -0.4 is 10.6 Å². The number of carbonyl (C=O) groups is 2. The van der Waals surface area contributed by atoms with Crippen LogP contribution in [0, 0.1) is 5.41 Å². The zero-order chi connectivity index (χ0) is 22.7. The van der Waals surface area contributed by atoms with E-state index in [2.05, 4.69) is 27.5 Å². The molecule has 0 bridgehead atoms. The molecule has 0 radical (unpaired) electrons. The molecule has 0 unspecified atom stereocenters. The molecule has 2 atom stereocenters. The Morgan fingerprint density at radius 2 is 1.77 bits per heavy atom. The van der Waals surface area contributed by atoms with Crippen LogP contribution in [0.15, 0.2) is 59.7 Å². The monoisotopic (exact) mass is 422 g/mol. The van der Waals surface area contributed by atoms with Crippen LogP contribution in [0.2, 0.25) is 0 Å². The molecule has 0 fully saturated rings. The summed E-state index contributed by atoms with van der Waals surface area (Å²) in [5.74, 6) is -0.446. The maximum absolute atomic E-state index is 13.2. The molecule has 0 aliphatic heterocycles. The summed E-state index contributed by atoms with van der Waals surface area (Å²) in [4.78, 5) is 34.8. The zero-order valence-electron chi connectivity index (χ0n) is 19.0. The molecule has 0 saturated heterocycles. The molecule has 2 N–H and O–H groups in total. The maximum Gasteiger partial charge on any atom is 0.245 e. The molecule has 0 aliphatic carbocycles. The molecular weight excluding hydrogens is 388 g/mol. The van der Waals surface area contributed by atoms with Crippen LogP contribution in [0.1, 0.15) is 51.8 Å². The van der Waals surface area contributed by atoms with Crippen molar-refractivity contribution in [3.05, 3.63) is 66.0 Å². The van der Waals surface area contributed by atoms with Gasteiger partial charge in [-0.2, -0.15) is 0 Å². The van der Waals surface area contributed by atoms with Crippen LogP contribution in [-0.4, -0.2) is 41.6 Å². The fraction of sp³-hybridized carbons (Fsp3) is 0.440. The number of amides is 2. The van der Waals surface area contributed by atoms with Crippen LogP contribution >= 0.6 is 0 Å². The second-order valence-electron chi connectivity index (χ2n) is 8.70. The summed E-state index contributed by atoms with van der Waals surface area (Å²) >= 11 is 0. The van der Waals surface area contributed by atoms with Gasteiger partial charge in [0.05, 0.1) is 5.69 Å². The summed E-state index contributed by atoms with van der Waals surface area (Å²) in [6, 6.07) is 13.9. The predicted octanol–water partition coefficient (Wildman–Crippen LogP) is 3.56. The van der Waals surface area contributed by atoms with Gasteiger partial charge >= 0.3 is 0 Å². The highest BCUT2D eigenvalue weighted by Crippen LogP contribution is 2.23. The Labute approximate surface area is 185 Å². The van der Waals surface area contributed by atoms with Gasteiger partial charge < -0.3 is 10.6 Å². The molecule has 2 rings (SSSR count). The van der Waals surface area contributed by atoms with Crippen molar-refractivity contribution >= 4 is 18.0 Å². The molecule has 6 heteroatoms. The fourth-order valence-corrected chi connectivity index (χ4v) is 3.11. The molecule has 6 nitrogen and oxygen atoms in total. The smallest absolute Gasteiger partial charge is 0.245 e. The molecule has 2 amide bonds. The maximum atomic E-state index is 13.2. The van der Waals surface area contributed by atoms with E-state index in [1.165, 1.54) is 0 Å². The number of benzene rings is 1. The molecule has 0 spiro atoms. The third-order valence-electron chi connectivity index (χ3n) is 4.86. The lowest BCUT2D eigenvalue weighted by molar-refractivity contribution is -0.130. The van der Waals surface area contributed by atoms with E-state index < -0.39 is 17.5 Å². The largest absolute Gasteiger partial charge is 0.354 e. The van der Waals surface area contributed by atoms with E-state index in [1.807, 2.05) is 69.3 Å². The Bertz CT molecular complexity index is 845. The van der Waals surface area contributed by atoms with Gasteiger partial charge in [0, 0.05) is 25.4 Å². The van der Waals surface area contributed by atoms with E-state index in [1.54, 1.807) is 12.4 Å². The van der Waals surface area contributed by atoms with E-state index in [0.717, 1.165) is 18.4 Å². The normalized spacial score (nSPS) is 13.5. The van der Waals surface area contributed by atoms with Gasteiger partial charge in [0.2, 0.25) is 11.8 Å². The van der Waals surface area contributed by atoms with Crippen LogP contribution in [0.5, 0.6) is 0 Å². The van der Waals surface area contributed by atoms with Gasteiger partial charge in [-0.1, -0.05) is 70.5 Å². The minimum Gasteiger partial charge on any atom is -0.354 e. The van der Waals surface area contributed by atoms with Crippen molar-refractivity contribution in [2.45, 2.75) is 59.0 Å². The fourth-order valence-electron chi connectivity index (χ4n) is 3.11. The van der Waals surface area contributed by atoms with Crippen molar-refractivity contribution in [1.82, 2.24) is 15.6 Å². The molecule has 1 aromatic carbocycles. The van der Waals surface area contributed by atoms with Gasteiger partial charge in [0.15, 0.2) is 0 Å². The molecule has 0 aliphatic rings. The summed E-state index contributed by atoms with van der Waals surface area (Å²) in [5, 5.41) is 5.89. The first-order valence-corrected chi connectivity index (χ1v) is 10.9. The van der Waals surface area contributed by atoms with Crippen molar-refractivity contribution in [3.8, 4) is 0 Å². The first kappa shape index (κ1) is 24.3. The standard InChI is InChI=1S/C25H34N4O2/c1-5-6-15-27-23(30)21(17-19-12-8-7-9-13-19)29-24(31)22(25(2,3)4)28-18-20-14-10-11-16-26-20/h7-14,16,18,21-22H,5-6,15,17H2,1-4H3,(H,27,30)(H,29,31)/t21-,22+/m0/s1. The van der Waals surface area contributed by atoms with E-state index in [0.29, 0.717) is 18.7 Å². The van der Waals surface area contributed by atoms with Crippen LogP contribution in [-0.2, 0) is 16.0 Å². The summed E-state index contributed by atoms with van der Waals surface area (Å²) in [6.45, 7) is 8.54. The number of hydrogen-bond donors (Lipinski definition) is 2. The number of aliphatic imine (C=N–C) groups is 1. The molecule has 1 aromatic heterocycles. The number of nitrogens with one attached hydrogen (secondary N) is 2. The lowest BCUT2D eigenvalue weighted by atomic mass is 9.86. The van der Waals surface area contributed by atoms with E-state index in [-0.39, 0.29) is 11.8 Å².